The number of H-pyrrole nitrogens is 2. The van der Waals surface area contributed by atoms with E-state index in [2.05, 4.69) is 14.7 Å². The summed E-state index contributed by atoms with van der Waals surface area (Å²) in [7, 11) is -3.80. The fourth-order valence-corrected chi connectivity index (χ4v) is 3.60. The van der Waals surface area contributed by atoms with Crippen molar-refractivity contribution in [2.45, 2.75) is 31.1 Å². The lowest BCUT2D eigenvalue weighted by molar-refractivity contribution is 0.457. The van der Waals surface area contributed by atoms with E-state index in [1.165, 1.54) is 18.2 Å². The lowest BCUT2D eigenvalue weighted by Crippen LogP contribution is -2.25. The van der Waals surface area contributed by atoms with Crippen LogP contribution in [-0.2, 0) is 10.0 Å². The molecule has 0 aliphatic heterocycles. The van der Waals surface area contributed by atoms with Crippen LogP contribution in [0.2, 0.25) is 5.02 Å². The number of halogens is 1. The molecule has 1 aromatic carbocycles. The van der Waals surface area contributed by atoms with Crippen molar-refractivity contribution in [1.29, 1.82) is 0 Å². The third-order valence-corrected chi connectivity index (χ3v) is 5.03. The fraction of sp³-hybridized carbons (Fsp3) is 0.357. The third-order valence-electron chi connectivity index (χ3n) is 3.28. The second-order valence-electron chi connectivity index (χ2n) is 5.05. The number of unbranched alkanes of at least 4 members (excludes halogenated alkanes) is 2. The predicted octanol–water partition coefficient (Wildman–Crippen LogP) is 2.20. The van der Waals surface area contributed by atoms with Crippen molar-refractivity contribution in [2.24, 2.45) is 0 Å². The Labute approximate surface area is 138 Å². The quantitative estimate of drug-likeness (QED) is 0.567. The predicted molar refractivity (Wildman–Crippen MR) is 88.2 cm³/mol. The number of aromatic hydroxyl groups is 1. The number of sulfonamides is 1. The highest BCUT2D eigenvalue weighted by molar-refractivity contribution is 7.89. The second kappa shape index (κ2) is 7.20. The Hall–Kier alpha value is -1.77. The fourth-order valence-electron chi connectivity index (χ4n) is 2.16. The highest BCUT2D eigenvalue weighted by Crippen LogP contribution is 2.32. The van der Waals surface area contributed by atoms with E-state index >= 15 is 0 Å². The van der Waals surface area contributed by atoms with E-state index < -0.39 is 21.6 Å². The summed E-state index contributed by atoms with van der Waals surface area (Å²) in [5.74, 6) is -0.445. The zero-order chi connectivity index (χ0) is 17.0. The smallest absolute Gasteiger partial charge is 0.326 e. The molecule has 0 saturated heterocycles. The number of nitrogens with one attached hydrogen (secondary N) is 3. The molecule has 1 heterocycles. The van der Waals surface area contributed by atoms with E-state index in [4.69, 9.17) is 11.6 Å². The van der Waals surface area contributed by atoms with Gasteiger partial charge in [0.15, 0.2) is 0 Å². The monoisotopic (exact) mass is 359 g/mol. The van der Waals surface area contributed by atoms with Crippen molar-refractivity contribution in [3.05, 3.63) is 33.7 Å². The Balaban J connectivity index is 2.43. The molecule has 0 amide bonds. The molecule has 126 valence electrons. The van der Waals surface area contributed by atoms with Crippen LogP contribution >= 0.6 is 11.6 Å². The van der Waals surface area contributed by atoms with E-state index in [1.807, 2.05) is 6.92 Å². The minimum Gasteiger partial charge on any atom is -0.493 e. The van der Waals surface area contributed by atoms with Crippen molar-refractivity contribution in [3.63, 3.8) is 0 Å². The Bertz CT molecular complexity index is 842. The van der Waals surface area contributed by atoms with Crippen molar-refractivity contribution in [1.82, 2.24) is 14.7 Å². The van der Waals surface area contributed by atoms with Gasteiger partial charge in [-0.2, -0.15) is 0 Å². The molecule has 0 unspecified atom stereocenters. The van der Waals surface area contributed by atoms with Crippen LogP contribution in [0.4, 0.5) is 0 Å². The molecule has 2 aromatic rings. The van der Waals surface area contributed by atoms with E-state index in [-0.39, 0.29) is 21.2 Å². The maximum absolute atomic E-state index is 12.5. The Morgan fingerprint density at radius 1 is 1.26 bits per heavy atom. The molecular weight excluding hydrogens is 342 g/mol. The first-order chi connectivity index (χ1) is 10.8. The van der Waals surface area contributed by atoms with Crippen LogP contribution in [-0.4, -0.2) is 30.0 Å². The number of hydrogen-bond donors (Lipinski definition) is 4. The van der Waals surface area contributed by atoms with Crippen LogP contribution < -0.4 is 10.4 Å². The van der Waals surface area contributed by atoms with Crippen LogP contribution in [0.25, 0.3) is 11.3 Å². The van der Waals surface area contributed by atoms with Gasteiger partial charge in [-0.3, -0.25) is 4.98 Å². The van der Waals surface area contributed by atoms with Crippen LogP contribution in [0.5, 0.6) is 5.88 Å². The Morgan fingerprint density at radius 3 is 2.61 bits per heavy atom. The molecule has 7 nitrogen and oxygen atoms in total. The van der Waals surface area contributed by atoms with Gasteiger partial charge in [-0.15, -0.1) is 0 Å². The van der Waals surface area contributed by atoms with Crippen LogP contribution in [0.3, 0.4) is 0 Å². The summed E-state index contributed by atoms with van der Waals surface area (Å²) in [5, 5.41) is 10.1. The molecule has 23 heavy (non-hydrogen) atoms. The molecule has 0 atom stereocenters. The molecule has 9 heteroatoms. The Kier molecular flexibility index (Phi) is 5.51. The van der Waals surface area contributed by atoms with Crippen molar-refractivity contribution < 1.29 is 13.5 Å². The number of benzene rings is 1. The lowest BCUT2D eigenvalue weighted by atomic mass is 10.1. The summed E-state index contributed by atoms with van der Waals surface area (Å²) in [6.45, 7) is 2.34. The number of rotatable bonds is 7. The van der Waals surface area contributed by atoms with E-state index in [9.17, 15) is 18.3 Å². The Morgan fingerprint density at radius 2 is 2.00 bits per heavy atom. The molecule has 0 saturated carbocycles. The van der Waals surface area contributed by atoms with Crippen LogP contribution in [0.1, 0.15) is 26.2 Å². The number of hydrogen-bond acceptors (Lipinski definition) is 4. The van der Waals surface area contributed by atoms with Gasteiger partial charge in [-0.1, -0.05) is 31.4 Å². The first-order valence-electron chi connectivity index (χ1n) is 7.16. The SMILES string of the molecule is CCCCCNS(=O)(=O)c1ccc(Cl)cc1-c1[nH]c(=O)[nH]c1O. The third kappa shape index (κ3) is 4.15. The molecule has 0 radical (unpaired) electrons. The van der Waals surface area contributed by atoms with Gasteiger partial charge in [0.2, 0.25) is 15.9 Å². The number of aromatic nitrogens is 2. The summed E-state index contributed by atoms with van der Waals surface area (Å²) < 4.78 is 27.5. The average molecular weight is 360 g/mol. The molecular formula is C14H18ClN3O4S. The zero-order valence-electron chi connectivity index (χ0n) is 12.5. The number of aromatic amines is 2. The van der Waals surface area contributed by atoms with Crippen molar-refractivity contribution in [3.8, 4) is 17.1 Å². The van der Waals surface area contributed by atoms with Gasteiger partial charge in [-0.05, 0) is 24.6 Å². The van der Waals surface area contributed by atoms with Crippen molar-refractivity contribution >= 4 is 21.6 Å². The van der Waals surface area contributed by atoms with Gasteiger partial charge in [0.25, 0.3) is 0 Å². The zero-order valence-corrected chi connectivity index (χ0v) is 14.1. The first-order valence-corrected chi connectivity index (χ1v) is 9.02. The van der Waals surface area contributed by atoms with E-state index in [1.54, 1.807) is 0 Å². The maximum atomic E-state index is 12.5. The van der Waals surface area contributed by atoms with Gasteiger partial charge in [0.1, 0.15) is 5.69 Å². The highest BCUT2D eigenvalue weighted by atomic mass is 35.5. The molecule has 0 spiro atoms. The molecule has 4 N–H and O–H groups in total. The van der Waals surface area contributed by atoms with Gasteiger partial charge in [0, 0.05) is 17.1 Å². The van der Waals surface area contributed by atoms with Gasteiger partial charge in [0.05, 0.1) is 4.90 Å². The van der Waals surface area contributed by atoms with Gasteiger partial charge < -0.3 is 10.1 Å². The first kappa shape index (κ1) is 17.6. The summed E-state index contributed by atoms with van der Waals surface area (Å²) >= 11 is 5.92. The van der Waals surface area contributed by atoms with Crippen LogP contribution in [0.15, 0.2) is 27.9 Å². The number of imidazole rings is 1. The van der Waals surface area contributed by atoms with E-state index in [0.717, 1.165) is 19.3 Å². The van der Waals surface area contributed by atoms with Gasteiger partial charge >= 0.3 is 5.69 Å². The topological polar surface area (TPSA) is 115 Å². The minimum atomic E-state index is -3.80. The highest BCUT2D eigenvalue weighted by Gasteiger charge is 2.22. The van der Waals surface area contributed by atoms with Crippen molar-refractivity contribution in [2.75, 3.05) is 6.54 Å². The standard InChI is InChI=1S/C14H18ClN3O4S/c1-2-3-4-7-16-23(21,22)11-6-5-9(15)8-10(11)12-13(19)18-14(20)17-12/h5-6,8,16,19H,2-4,7H2,1H3,(H2,17,18,20). The molecule has 0 aliphatic rings. The summed E-state index contributed by atoms with van der Waals surface area (Å²) in [5.41, 5.74) is -0.542. The van der Waals surface area contributed by atoms with Gasteiger partial charge in [-0.25, -0.2) is 17.9 Å². The largest absolute Gasteiger partial charge is 0.493 e. The summed E-state index contributed by atoms with van der Waals surface area (Å²) in [6.07, 6.45) is 2.62. The second-order valence-corrected chi connectivity index (χ2v) is 7.22. The molecule has 0 fully saturated rings. The molecule has 2 rings (SSSR count). The normalized spacial score (nSPS) is 11.7. The minimum absolute atomic E-state index is 0.0218. The molecule has 0 aliphatic carbocycles. The molecule has 0 bridgehead atoms. The summed E-state index contributed by atoms with van der Waals surface area (Å²) in [4.78, 5) is 15.8. The summed E-state index contributed by atoms with van der Waals surface area (Å²) in [6, 6.07) is 4.15. The van der Waals surface area contributed by atoms with Crippen LogP contribution in [0, 0.1) is 0 Å². The van der Waals surface area contributed by atoms with E-state index in [0.29, 0.717) is 6.54 Å². The molecule has 1 aromatic heterocycles. The average Bonchev–Trinajstić information content (AvgIpc) is 2.82. The maximum Gasteiger partial charge on any atom is 0.326 e. The lowest BCUT2D eigenvalue weighted by Gasteiger charge is -2.11.